The van der Waals surface area contributed by atoms with Crippen molar-refractivity contribution in [2.45, 2.75) is 39.8 Å². The third-order valence-corrected chi connectivity index (χ3v) is 3.47. The lowest BCUT2D eigenvalue weighted by Gasteiger charge is -2.19. The molecule has 1 fully saturated rings. The van der Waals surface area contributed by atoms with Gasteiger partial charge in [0, 0.05) is 19.6 Å². The first-order valence-electron chi connectivity index (χ1n) is 7.19. The van der Waals surface area contributed by atoms with E-state index in [-0.39, 0.29) is 0 Å². The molecule has 0 bridgehead atoms. The van der Waals surface area contributed by atoms with Gasteiger partial charge in [-0.25, -0.2) is 0 Å². The average molecular weight is 247 g/mol. The Bertz CT molecular complexity index is 361. The van der Waals surface area contributed by atoms with Gasteiger partial charge in [-0.1, -0.05) is 19.9 Å². The topological polar surface area (TPSA) is 28.2 Å². The highest BCUT2D eigenvalue weighted by molar-refractivity contribution is 5.11. The SMILES string of the molecule is CCNCc1cccc(CN(CC)CC2CC2)n1. The summed E-state index contributed by atoms with van der Waals surface area (Å²) in [6.45, 7) is 9.59. The molecule has 1 heterocycles. The predicted molar refractivity (Wildman–Crippen MR) is 75.3 cm³/mol. The summed E-state index contributed by atoms with van der Waals surface area (Å²) >= 11 is 0. The van der Waals surface area contributed by atoms with Gasteiger partial charge < -0.3 is 5.32 Å². The fraction of sp³-hybridized carbons (Fsp3) is 0.667. The number of nitrogens with zero attached hydrogens (tertiary/aromatic N) is 2. The average Bonchev–Trinajstić information content (AvgIpc) is 3.20. The monoisotopic (exact) mass is 247 g/mol. The first-order chi connectivity index (χ1) is 8.81. The summed E-state index contributed by atoms with van der Waals surface area (Å²) in [5.74, 6) is 0.954. The Labute approximate surface area is 111 Å². The minimum atomic E-state index is 0.874. The molecule has 0 amide bonds. The van der Waals surface area contributed by atoms with Gasteiger partial charge in [-0.05, 0) is 44.0 Å². The van der Waals surface area contributed by atoms with Gasteiger partial charge in [0.1, 0.15) is 0 Å². The van der Waals surface area contributed by atoms with Crippen molar-refractivity contribution in [3.63, 3.8) is 0 Å². The van der Waals surface area contributed by atoms with Crippen LogP contribution in [0.3, 0.4) is 0 Å². The fourth-order valence-corrected chi connectivity index (χ4v) is 2.17. The number of hydrogen-bond donors (Lipinski definition) is 1. The van der Waals surface area contributed by atoms with Crippen LogP contribution in [0.4, 0.5) is 0 Å². The summed E-state index contributed by atoms with van der Waals surface area (Å²) in [6, 6.07) is 6.37. The van der Waals surface area contributed by atoms with Gasteiger partial charge in [0.15, 0.2) is 0 Å². The lowest BCUT2D eigenvalue weighted by atomic mass is 10.2. The maximum absolute atomic E-state index is 4.72. The van der Waals surface area contributed by atoms with Crippen molar-refractivity contribution in [2.75, 3.05) is 19.6 Å². The number of nitrogens with one attached hydrogen (secondary N) is 1. The summed E-state index contributed by atoms with van der Waals surface area (Å²) in [5, 5.41) is 3.33. The maximum Gasteiger partial charge on any atom is 0.0547 e. The zero-order valence-electron chi connectivity index (χ0n) is 11.7. The van der Waals surface area contributed by atoms with E-state index in [0.29, 0.717) is 0 Å². The van der Waals surface area contributed by atoms with Crippen LogP contribution in [0.15, 0.2) is 18.2 Å². The van der Waals surface area contributed by atoms with Crippen molar-refractivity contribution in [1.82, 2.24) is 15.2 Å². The van der Waals surface area contributed by atoms with Crippen molar-refractivity contribution >= 4 is 0 Å². The van der Waals surface area contributed by atoms with E-state index in [1.54, 1.807) is 0 Å². The van der Waals surface area contributed by atoms with E-state index in [1.165, 1.54) is 25.1 Å². The van der Waals surface area contributed by atoms with Gasteiger partial charge in [0.2, 0.25) is 0 Å². The molecule has 3 heteroatoms. The first-order valence-corrected chi connectivity index (χ1v) is 7.19. The molecular weight excluding hydrogens is 222 g/mol. The zero-order chi connectivity index (χ0) is 12.8. The van der Waals surface area contributed by atoms with Crippen molar-refractivity contribution in [2.24, 2.45) is 5.92 Å². The number of hydrogen-bond acceptors (Lipinski definition) is 3. The van der Waals surface area contributed by atoms with Crippen LogP contribution in [0.1, 0.15) is 38.1 Å². The Kier molecular flexibility index (Phi) is 5.14. The summed E-state index contributed by atoms with van der Waals surface area (Å²) in [6.07, 6.45) is 2.84. The Balaban J connectivity index is 1.89. The van der Waals surface area contributed by atoms with Crippen molar-refractivity contribution in [1.29, 1.82) is 0 Å². The van der Waals surface area contributed by atoms with E-state index in [1.807, 2.05) is 0 Å². The van der Waals surface area contributed by atoms with Crippen LogP contribution in [0.5, 0.6) is 0 Å². The molecule has 0 aromatic carbocycles. The molecule has 1 aliphatic rings. The number of pyridine rings is 1. The number of aromatic nitrogens is 1. The molecule has 0 radical (unpaired) electrons. The lowest BCUT2D eigenvalue weighted by Crippen LogP contribution is -2.26. The fourth-order valence-electron chi connectivity index (χ4n) is 2.17. The van der Waals surface area contributed by atoms with E-state index in [0.717, 1.165) is 37.8 Å². The summed E-state index contributed by atoms with van der Waals surface area (Å²) in [7, 11) is 0. The highest BCUT2D eigenvalue weighted by Gasteiger charge is 2.23. The Hall–Kier alpha value is -0.930. The quantitative estimate of drug-likeness (QED) is 0.764. The van der Waals surface area contributed by atoms with E-state index >= 15 is 0 Å². The van der Waals surface area contributed by atoms with Gasteiger partial charge in [-0.15, -0.1) is 0 Å². The van der Waals surface area contributed by atoms with Crippen LogP contribution in [-0.2, 0) is 13.1 Å². The molecule has 1 aromatic heterocycles. The Morgan fingerprint density at radius 2 is 2.06 bits per heavy atom. The number of rotatable bonds is 8. The van der Waals surface area contributed by atoms with Gasteiger partial charge in [-0.2, -0.15) is 0 Å². The molecule has 2 rings (SSSR count). The molecule has 0 atom stereocenters. The van der Waals surface area contributed by atoms with Crippen LogP contribution in [0.2, 0.25) is 0 Å². The van der Waals surface area contributed by atoms with E-state index in [4.69, 9.17) is 4.98 Å². The second kappa shape index (κ2) is 6.86. The Morgan fingerprint density at radius 1 is 1.28 bits per heavy atom. The van der Waals surface area contributed by atoms with Crippen LogP contribution in [0, 0.1) is 5.92 Å². The lowest BCUT2D eigenvalue weighted by molar-refractivity contribution is 0.265. The smallest absolute Gasteiger partial charge is 0.0547 e. The van der Waals surface area contributed by atoms with E-state index < -0.39 is 0 Å². The molecule has 0 saturated heterocycles. The van der Waals surface area contributed by atoms with E-state index in [2.05, 4.69) is 42.3 Å². The van der Waals surface area contributed by atoms with E-state index in [9.17, 15) is 0 Å². The molecule has 1 N–H and O–H groups in total. The minimum absolute atomic E-state index is 0.874. The minimum Gasteiger partial charge on any atom is -0.311 e. The standard InChI is InChI=1S/C15H25N3/c1-3-16-10-14-6-5-7-15(17-14)12-18(4-2)11-13-8-9-13/h5-7,13,16H,3-4,8-12H2,1-2H3. The summed E-state index contributed by atoms with van der Waals surface area (Å²) in [5.41, 5.74) is 2.35. The van der Waals surface area contributed by atoms with Crippen LogP contribution in [-0.4, -0.2) is 29.5 Å². The highest BCUT2D eigenvalue weighted by Crippen LogP contribution is 2.29. The van der Waals surface area contributed by atoms with Crippen molar-refractivity contribution < 1.29 is 0 Å². The molecule has 0 aliphatic heterocycles. The zero-order valence-corrected chi connectivity index (χ0v) is 11.7. The molecule has 3 nitrogen and oxygen atoms in total. The largest absolute Gasteiger partial charge is 0.311 e. The predicted octanol–water partition coefficient (Wildman–Crippen LogP) is 2.42. The molecule has 1 saturated carbocycles. The Morgan fingerprint density at radius 3 is 2.72 bits per heavy atom. The summed E-state index contributed by atoms with van der Waals surface area (Å²) < 4.78 is 0. The van der Waals surface area contributed by atoms with Gasteiger partial charge in [-0.3, -0.25) is 9.88 Å². The molecule has 1 aliphatic carbocycles. The third kappa shape index (κ3) is 4.39. The van der Waals surface area contributed by atoms with Crippen LogP contribution in [0.25, 0.3) is 0 Å². The first kappa shape index (κ1) is 13.5. The van der Waals surface area contributed by atoms with Crippen LogP contribution >= 0.6 is 0 Å². The third-order valence-electron chi connectivity index (χ3n) is 3.47. The molecular formula is C15H25N3. The highest BCUT2D eigenvalue weighted by atomic mass is 15.1. The normalized spacial score (nSPS) is 15.3. The molecule has 0 unspecified atom stereocenters. The second-order valence-electron chi connectivity index (χ2n) is 5.17. The summed E-state index contributed by atoms with van der Waals surface area (Å²) in [4.78, 5) is 7.23. The maximum atomic E-state index is 4.72. The van der Waals surface area contributed by atoms with Gasteiger partial charge in [0.25, 0.3) is 0 Å². The molecule has 18 heavy (non-hydrogen) atoms. The molecule has 100 valence electrons. The van der Waals surface area contributed by atoms with Gasteiger partial charge in [0.05, 0.1) is 11.4 Å². The van der Waals surface area contributed by atoms with Gasteiger partial charge >= 0.3 is 0 Å². The molecule has 1 aromatic rings. The van der Waals surface area contributed by atoms with Crippen molar-refractivity contribution in [3.05, 3.63) is 29.6 Å². The molecule has 0 spiro atoms. The van der Waals surface area contributed by atoms with Crippen molar-refractivity contribution in [3.8, 4) is 0 Å². The second-order valence-corrected chi connectivity index (χ2v) is 5.17. The van der Waals surface area contributed by atoms with Crippen LogP contribution < -0.4 is 5.32 Å².